The number of halogens is 1. The number of hydrogen-bond acceptors (Lipinski definition) is 6. The summed E-state index contributed by atoms with van der Waals surface area (Å²) < 4.78 is 7.24. The van der Waals surface area contributed by atoms with E-state index in [9.17, 15) is 4.79 Å². The van der Waals surface area contributed by atoms with Gasteiger partial charge in [-0.05, 0) is 36.8 Å². The molecule has 0 aliphatic heterocycles. The molecule has 146 valence electrons. The molecule has 0 spiro atoms. The maximum atomic E-state index is 12.4. The van der Waals surface area contributed by atoms with Gasteiger partial charge in [0.2, 0.25) is 5.91 Å². The van der Waals surface area contributed by atoms with Gasteiger partial charge in [-0.1, -0.05) is 36.4 Å². The van der Waals surface area contributed by atoms with Crippen LogP contribution in [-0.4, -0.2) is 38.5 Å². The number of rotatable bonds is 8. The summed E-state index contributed by atoms with van der Waals surface area (Å²) in [6.45, 7) is 2.82. The van der Waals surface area contributed by atoms with Gasteiger partial charge in [-0.25, -0.2) is 0 Å². The second kappa shape index (κ2) is 9.57. The summed E-state index contributed by atoms with van der Waals surface area (Å²) in [6, 6.07) is 10.7. The Morgan fingerprint density at radius 3 is 2.86 bits per heavy atom. The lowest BCUT2D eigenvalue weighted by Gasteiger charge is -2.11. The molecule has 7 nitrogen and oxygen atoms in total. The van der Waals surface area contributed by atoms with E-state index in [-0.39, 0.29) is 11.7 Å². The molecule has 1 N–H and O–H groups in total. The van der Waals surface area contributed by atoms with E-state index in [2.05, 4.69) is 27.4 Å². The fraction of sp³-hybridized carbons (Fsp3) is 0.263. The quantitative estimate of drug-likeness (QED) is 0.554. The van der Waals surface area contributed by atoms with Crippen LogP contribution in [0.5, 0.6) is 5.75 Å². The van der Waals surface area contributed by atoms with Crippen molar-refractivity contribution in [1.82, 2.24) is 19.7 Å². The smallest absolute Gasteiger partial charge is 0.234 e. The van der Waals surface area contributed by atoms with Crippen molar-refractivity contribution in [3.05, 3.63) is 47.6 Å². The molecule has 9 heteroatoms. The van der Waals surface area contributed by atoms with Crippen molar-refractivity contribution >= 4 is 35.0 Å². The van der Waals surface area contributed by atoms with Gasteiger partial charge in [0, 0.05) is 17.8 Å². The number of hydrogen-bond donors (Lipinski definition) is 1. The van der Waals surface area contributed by atoms with Crippen molar-refractivity contribution in [2.75, 3.05) is 18.2 Å². The van der Waals surface area contributed by atoms with Crippen LogP contribution >= 0.6 is 23.4 Å². The largest absolute Gasteiger partial charge is 0.495 e. The molecule has 0 bridgehead atoms. The van der Waals surface area contributed by atoms with Crippen molar-refractivity contribution in [3.63, 3.8) is 0 Å². The third-order valence-electron chi connectivity index (χ3n) is 3.83. The molecule has 0 radical (unpaired) electrons. The fourth-order valence-corrected chi connectivity index (χ4v) is 3.54. The topological polar surface area (TPSA) is 81.9 Å². The summed E-state index contributed by atoms with van der Waals surface area (Å²) >= 11 is 7.33. The molecule has 2 aromatic heterocycles. The van der Waals surface area contributed by atoms with E-state index in [1.807, 2.05) is 22.8 Å². The molecule has 3 rings (SSSR count). The highest BCUT2D eigenvalue weighted by molar-refractivity contribution is 7.99. The van der Waals surface area contributed by atoms with Crippen LogP contribution in [-0.2, 0) is 11.3 Å². The maximum Gasteiger partial charge on any atom is 0.234 e. The van der Waals surface area contributed by atoms with E-state index in [1.165, 1.54) is 11.8 Å². The predicted octanol–water partition coefficient (Wildman–Crippen LogP) is 4.14. The molecule has 0 saturated carbocycles. The minimum Gasteiger partial charge on any atom is -0.495 e. The van der Waals surface area contributed by atoms with Crippen LogP contribution in [0.15, 0.2) is 47.8 Å². The fourth-order valence-electron chi connectivity index (χ4n) is 2.60. The first kappa shape index (κ1) is 20.2. The SMILES string of the molecule is CCCn1c(SCC(=O)Nc2cc(Cl)ccc2OC)nnc1-c1ccccn1. The molecule has 0 fully saturated rings. The molecular weight excluding hydrogens is 398 g/mol. The number of benzene rings is 1. The van der Waals surface area contributed by atoms with Crippen LogP contribution in [0.2, 0.25) is 5.02 Å². The number of nitrogens with zero attached hydrogens (tertiary/aromatic N) is 4. The molecule has 0 aliphatic rings. The molecule has 1 aromatic carbocycles. The zero-order valence-corrected chi connectivity index (χ0v) is 17.1. The van der Waals surface area contributed by atoms with Gasteiger partial charge in [-0.2, -0.15) is 0 Å². The van der Waals surface area contributed by atoms with E-state index in [0.717, 1.165) is 18.7 Å². The van der Waals surface area contributed by atoms with E-state index in [1.54, 1.807) is 31.5 Å². The maximum absolute atomic E-state index is 12.4. The Hall–Kier alpha value is -2.58. The standard InChI is InChI=1S/C19H20ClN5O2S/c1-3-10-25-18(14-6-4-5-9-21-14)23-24-19(25)28-12-17(26)22-15-11-13(20)7-8-16(15)27-2/h4-9,11H,3,10,12H2,1-2H3,(H,22,26). The summed E-state index contributed by atoms with van der Waals surface area (Å²) in [5.74, 6) is 1.24. The van der Waals surface area contributed by atoms with E-state index in [0.29, 0.717) is 27.4 Å². The van der Waals surface area contributed by atoms with E-state index in [4.69, 9.17) is 16.3 Å². The van der Waals surface area contributed by atoms with Crippen molar-refractivity contribution in [3.8, 4) is 17.3 Å². The van der Waals surface area contributed by atoms with Gasteiger partial charge in [-0.3, -0.25) is 9.78 Å². The highest BCUT2D eigenvalue weighted by Gasteiger charge is 2.16. The van der Waals surface area contributed by atoms with Crippen molar-refractivity contribution in [2.45, 2.75) is 25.0 Å². The minimum atomic E-state index is -0.184. The van der Waals surface area contributed by atoms with E-state index < -0.39 is 0 Å². The average Bonchev–Trinajstić information content (AvgIpc) is 3.10. The Labute approximate surface area is 172 Å². The normalized spacial score (nSPS) is 10.7. The summed E-state index contributed by atoms with van der Waals surface area (Å²) in [4.78, 5) is 16.8. The number of amides is 1. The third-order valence-corrected chi connectivity index (χ3v) is 5.03. The van der Waals surface area contributed by atoms with Gasteiger partial charge in [-0.15, -0.1) is 10.2 Å². The summed E-state index contributed by atoms with van der Waals surface area (Å²) in [5, 5.41) is 12.5. The number of carbonyl (C=O) groups excluding carboxylic acids is 1. The van der Waals surface area contributed by atoms with Crippen LogP contribution in [0.3, 0.4) is 0 Å². The van der Waals surface area contributed by atoms with E-state index >= 15 is 0 Å². The Kier molecular flexibility index (Phi) is 6.89. The number of pyridine rings is 1. The number of nitrogens with one attached hydrogen (secondary N) is 1. The van der Waals surface area contributed by atoms with Crippen LogP contribution in [0.4, 0.5) is 5.69 Å². The van der Waals surface area contributed by atoms with Crippen molar-refractivity contribution < 1.29 is 9.53 Å². The van der Waals surface area contributed by atoms with Crippen molar-refractivity contribution in [1.29, 1.82) is 0 Å². The first-order valence-electron chi connectivity index (χ1n) is 8.73. The molecule has 0 aliphatic carbocycles. The van der Waals surface area contributed by atoms with Gasteiger partial charge < -0.3 is 14.6 Å². The van der Waals surface area contributed by atoms with Gasteiger partial charge in [0.15, 0.2) is 11.0 Å². The van der Waals surface area contributed by atoms with Gasteiger partial charge in [0.1, 0.15) is 11.4 Å². The van der Waals surface area contributed by atoms with Crippen LogP contribution in [0.25, 0.3) is 11.5 Å². The van der Waals surface area contributed by atoms with Gasteiger partial charge in [0.25, 0.3) is 0 Å². The highest BCUT2D eigenvalue weighted by Crippen LogP contribution is 2.28. The zero-order valence-electron chi connectivity index (χ0n) is 15.6. The van der Waals surface area contributed by atoms with Gasteiger partial charge >= 0.3 is 0 Å². The number of carbonyl (C=O) groups is 1. The molecule has 0 atom stereocenters. The first-order chi connectivity index (χ1) is 13.6. The molecule has 0 unspecified atom stereocenters. The molecular formula is C19H20ClN5O2S. The molecule has 0 saturated heterocycles. The Bertz CT molecular complexity index is 949. The lowest BCUT2D eigenvalue weighted by Crippen LogP contribution is -2.15. The minimum absolute atomic E-state index is 0.180. The Morgan fingerprint density at radius 1 is 1.29 bits per heavy atom. The molecule has 2 heterocycles. The predicted molar refractivity (Wildman–Crippen MR) is 111 cm³/mol. The summed E-state index contributed by atoms with van der Waals surface area (Å²) in [5.41, 5.74) is 1.29. The summed E-state index contributed by atoms with van der Waals surface area (Å²) in [7, 11) is 1.54. The lowest BCUT2D eigenvalue weighted by atomic mass is 10.3. The highest BCUT2D eigenvalue weighted by atomic mass is 35.5. The van der Waals surface area contributed by atoms with Crippen LogP contribution in [0, 0.1) is 0 Å². The first-order valence-corrected chi connectivity index (χ1v) is 10.1. The number of methoxy groups -OCH3 is 1. The lowest BCUT2D eigenvalue weighted by molar-refractivity contribution is -0.113. The van der Waals surface area contributed by atoms with Gasteiger partial charge in [0.05, 0.1) is 18.6 Å². The van der Waals surface area contributed by atoms with Crippen molar-refractivity contribution in [2.24, 2.45) is 0 Å². The second-order valence-corrected chi connectivity index (χ2v) is 7.23. The molecule has 28 heavy (non-hydrogen) atoms. The Balaban J connectivity index is 1.71. The second-order valence-electron chi connectivity index (χ2n) is 5.85. The monoisotopic (exact) mass is 417 g/mol. The molecule has 3 aromatic rings. The van der Waals surface area contributed by atoms with Crippen LogP contribution < -0.4 is 10.1 Å². The third kappa shape index (κ3) is 4.82. The average molecular weight is 418 g/mol. The Morgan fingerprint density at radius 2 is 2.14 bits per heavy atom. The molecule has 1 amide bonds. The number of aromatic nitrogens is 4. The summed E-state index contributed by atoms with van der Waals surface area (Å²) in [6.07, 6.45) is 2.64. The number of ether oxygens (including phenoxy) is 1. The number of anilines is 1. The van der Waals surface area contributed by atoms with Crippen LogP contribution in [0.1, 0.15) is 13.3 Å². The zero-order chi connectivity index (χ0) is 19.9. The number of thioether (sulfide) groups is 1.